The maximum Gasteiger partial charge on any atom is 0.410 e. The Morgan fingerprint density at radius 2 is 2.04 bits per heavy atom. The van der Waals surface area contributed by atoms with Crippen LogP contribution in [0.25, 0.3) is 0 Å². The van der Waals surface area contributed by atoms with Gasteiger partial charge >= 0.3 is 6.09 Å². The Kier molecular flexibility index (Phi) is 3.99. The predicted octanol–water partition coefficient (Wildman–Crippen LogP) is 3.44. The van der Waals surface area contributed by atoms with Crippen molar-refractivity contribution in [3.8, 4) is 0 Å². The van der Waals surface area contributed by atoms with Crippen LogP contribution < -0.4 is 0 Å². The first-order chi connectivity index (χ1) is 11.2. The van der Waals surface area contributed by atoms with Gasteiger partial charge in [0.1, 0.15) is 17.3 Å². The molecule has 2 fully saturated rings. The van der Waals surface area contributed by atoms with Crippen LogP contribution in [0.4, 0.5) is 10.5 Å². The van der Waals surface area contributed by atoms with Crippen molar-refractivity contribution in [1.82, 2.24) is 4.90 Å². The molecule has 0 saturated carbocycles. The van der Waals surface area contributed by atoms with Gasteiger partial charge in [-0.2, -0.15) is 0 Å². The number of piperidine rings is 1. The molecule has 2 aliphatic rings. The second kappa shape index (κ2) is 5.73. The van der Waals surface area contributed by atoms with Crippen molar-refractivity contribution in [3.05, 3.63) is 39.9 Å². The number of ether oxygens (including phenoxy) is 2. The highest BCUT2D eigenvalue weighted by atomic mass is 16.6. The van der Waals surface area contributed by atoms with Crippen LogP contribution in [0.2, 0.25) is 0 Å². The van der Waals surface area contributed by atoms with E-state index in [0.29, 0.717) is 25.9 Å². The summed E-state index contributed by atoms with van der Waals surface area (Å²) in [7, 11) is 0. The van der Waals surface area contributed by atoms with Gasteiger partial charge in [0, 0.05) is 25.2 Å². The second-order valence-corrected chi connectivity index (χ2v) is 7.38. The number of rotatable bonds is 2. The van der Waals surface area contributed by atoms with Crippen molar-refractivity contribution in [2.24, 2.45) is 0 Å². The summed E-state index contributed by atoms with van der Waals surface area (Å²) >= 11 is 0. The van der Waals surface area contributed by atoms with Gasteiger partial charge in [-0.15, -0.1) is 0 Å². The molecular formula is C17H22N2O5. The minimum atomic E-state index is -0.506. The zero-order valence-electron chi connectivity index (χ0n) is 14.2. The number of non-ortho nitro benzene ring substituents is 1. The summed E-state index contributed by atoms with van der Waals surface area (Å²) in [4.78, 5) is 24.3. The van der Waals surface area contributed by atoms with Crippen LogP contribution in [-0.2, 0) is 9.47 Å². The first-order valence-corrected chi connectivity index (χ1v) is 8.10. The van der Waals surface area contributed by atoms with E-state index in [1.807, 2.05) is 26.8 Å². The van der Waals surface area contributed by atoms with E-state index in [9.17, 15) is 14.9 Å². The van der Waals surface area contributed by atoms with Crippen molar-refractivity contribution in [1.29, 1.82) is 0 Å². The predicted molar refractivity (Wildman–Crippen MR) is 86.7 cm³/mol. The normalized spacial score (nSPS) is 22.3. The third kappa shape index (κ3) is 3.36. The highest BCUT2D eigenvalue weighted by Gasteiger charge is 2.58. The molecule has 0 radical (unpaired) electrons. The molecule has 0 bridgehead atoms. The lowest BCUT2D eigenvalue weighted by atomic mass is 9.90. The third-order valence-corrected chi connectivity index (χ3v) is 4.42. The quantitative estimate of drug-likeness (QED) is 0.470. The van der Waals surface area contributed by atoms with Gasteiger partial charge in [0.25, 0.3) is 5.69 Å². The number of nitro benzene ring substituents is 1. The molecule has 0 aromatic heterocycles. The van der Waals surface area contributed by atoms with Crippen LogP contribution >= 0.6 is 0 Å². The van der Waals surface area contributed by atoms with Crippen molar-refractivity contribution in [2.45, 2.75) is 50.9 Å². The van der Waals surface area contributed by atoms with Crippen LogP contribution in [0.1, 0.15) is 45.3 Å². The molecule has 1 amide bonds. The summed E-state index contributed by atoms with van der Waals surface area (Å²) < 4.78 is 11.3. The molecule has 3 rings (SSSR count). The topological polar surface area (TPSA) is 85.2 Å². The lowest BCUT2D eigenvalue weighted by Gasteiger charge is -2.32. The summed E-state index contributed by atoms with van der Waals surface area (Å²) in [5, 5.41) is 10.9. The summed E-state index contributed by atoms with van der Waals surface area (Å²) in [6, 6.07) is 6.58. The molecule has 1 spiro atoms. The van der Waals surface area contributed by atoms with Crippen molar-refractivity contribution in [3.63, 3.8) is 0 Å². The third-order valence-electron chi connectivity index (χ3n) is 4.42. The summed E-state index contributed by atoms with van der Waals surface area (Å²) in [6.07, 6.45) is 0.988. The Labute approximate surface area is 140 Å². The standard InChI is InChI=1S/C17H22N2O5/c1-16(2,3)24-15(20)18-9-7-17(8-10-18)14(23-17)12-5-4-6-13(11-12)19(21)22/h4-6,11,14H,7-10H2,1-3H3. The summed E-state index contributed by atoms with van der Waals surface area (Å²) in [5.41, 5.74) is 0.0981. The Morgan fingerprint density at radius 1 is 1.38 bits per heavy atom. The second-order valence-electron chi connectivity index (χ2n) is 7.38. The first kappa shape index (κ1) is 16.7. The molecule has 0 N–H and O–H groups in total. The zero-order chi connectivity index (χ0) is 17.5. The lowest BCUT2D eigenvalue weighted by Crippen LogP contribution is -2.44. The zero-order valence-corrected chi connectivity index (χ0v) is 14.2. The number of carbonyl (C=O) groups is 1. The maximum absolute atomic E-state index is 12.1. The molecular weight excluding hydrogens is 312 g/mol. The number of epoxide rings is 1. The number of likely N-dealkylation sites (tertiary alicyclic amines) is 1. The Morgan fingerprint density at radius 3 is 2.62 bits per heavy atom. The lowest BCUT2D eigenvalue weighted by molar-refractivity contribution is -0.384. The van der Waals surface area contributed by atoms with Gasteiger partial charge in [-0.25, -0.2) is 4.79 Å². The number of carbonyl (C=O) groups excluding carboxylic acids is 1. The largest absolute Gasteiger partial charge is 0.444 e. The fourth-order valence-electron chi connectivity index (χ4n) is 3.15. The fraction of sp³-hybridized carbons (Fsp3) is 0.588. The van der Waals surface area contributed by atoms with Crippen LogP contribution in [0, 0.1) is 10.1 Å². The molecule has 2 aliphatic heterocycles. The highest BCUT2D eigenvalue weighted by Crippen LogP contribution is 2.56. The summed E-state index contributed by atoms with van der Waals surface area (Å²) in [5.74, 6) is 0. The molecule has 24 heavy (non-hydrogen) atoms. The van der Waals surface area contributed by atoms with Crippen LogP contribution in [-0.4, -0.2) is 40.2 Å². The van der Waals surface area contributed by atoms with E-state index in [-0.39, 0.29) is 23.5 Å². The van der Waals surface area contributed by atoms with Crippen LogP contribution in [0.3, 0.4) is 0 Å². The van der Waals surface area contributed by atoms with E-state index in [0.717, 1.165) is 5.56 Å². The van der Waals surface area contributed by atoms with E-state index in [4.69, 9.17) is 9.47 Å². The van der Waals surface area contributed by atoms with E-state index < -0.39 is 10.5 Å². The van der Waals surface area contributed by atoms with Crippen molar-refractivity contribution in [2.75, 3.05) is 13.1 Å². The first-order valence-electron chi connectivity index (χ1n) is 8.10. The number of hydrogen-bond donors (Lipinski definition) is 0. The van der Waals surface area contributed by atoms with Gasteiger partial charge in [-0.05, 0) is 39.2 Å². The molecule has 1 aromatic carbocycles. The SMILES string of the molecule is CC(C)(C)OC(=O)N1CCC2(CC1)OC2c1cccc([N+](=O)[O-])c1. The molecule has 1 aromatic rings. The van der Waals surface area contributed by atoms with Gasteiger partial charge < -0.3 is 14.4 Å². The number of nitrogens with zero attached hydrogens (tertiary/aromatic N) is 2. The average molecular weight is 334 g/mol. The fourth-order valence-corrected chi connectivity index (χ4v) is 3.15. The Bertz CT molecular complexity index is 659. The molecule has 0 aliphatic carbocycles. The van der Waals surface area contributed by atoms with Crippen molar-refractivity contribution < 1.29 is 19.2 Å². The molecule has 1 atom stereocenters. The molecule has 1 unspecified atom stereocenters. The molecule has 2 heterocycles. The van der Waals surface area contributed by atoms with E-state index in [1.54, 1.807) is 17.0 Å². The van der Waals surface area contributed by atoms with Gasteiger partial charge in [0.05, 0.1) is 4.92 Å². The van der Waals surface area contributed by atoms with Crippen LogP contribution in [0.15, 0.2) is 24.3 Å². The smallest absolute Gasteiger partial charge is 0.410 e. The molecule has 130 valence electrons. The van der Waals surface area contributed by atoms with Gasteiger partial charge in [-0.3, -0.25) is 10.1 Å². The van der Waals surface area contributed by atoms with Crippen molar-refractivity contribution >= 4 is 11.8 Å². The van der Waals surface area contributed by atoms with E-state index >= 15 is 0 Å². The number of nitro groups is 1. The van der Waals surface area contributed by atoms with Gasteiger partial charge in [0.2, 0.25) is 0 Å². The highest BCUT2D eigenvalue weighted by molar-refractivity contribution is 5.68. The maximum atomic E-state index is 12.1. The van der Waals surface area contributed by atoms with E-state index in [1.165, 1.54) is 6.07 Å². The van der Waals surface area contributed by atoms with Crippen LogP contribution in [0.5, 0.6) is 0 Å². The average Bonchev–Trinajstić information content (AvgIpc) is 3.20. The minimum absolute atomic E-state index is 0.0735. The number of hydrogen-bond acceptors (Lipinski definition) is 5. The molecule has 7 heteroatoms. The summed E-state index contributed by atoms with van der Waals surface area (Å²) in [6.45, 7) is 6.68. The number of amides is 1. The molecule has 7 nitrogen and oxygen atoms in total. The minimum Gasteiger partial charge on any atom is -0.444 e. The Hall–Kier alpha value is -2.15. The molecule has 2 saturated heterocycles. The van der Waals surface area contributed by atoms with E-state index in [2.05, 4.69) is 0 Å². The van der Waals surface area contributed by atoms with Gasteiger partial charge in [-0.1, -0.05) is 12.1 Å². The monoisotopic (exact) mass is 334 g/mol. The number of benzene rings is 1. The Balaban J connectivity index is 1.61. The van der Waals surface area contributed by atoms with Gasteiger partial charge in [0.15, 0.2) is 0 Å².